The molecule has 0 unspecified atom stereocenters. The Labute approximate surface area is 122 Å². The van der Waals surface area contributed by atoms with Crippen molar-refractivity contribution in [1.29, 1.82) is 0 Å². The third-order valence-corrected chi connectivity index (χ3v) is 5.29. The fourth-order valence-corrected chi connectivity index (χ4v) is 3.69. The zero-order valence-electron chi connectivity index (χ0n) is 12.2. The highest BCUT2D eigenvalue weighted by Gasteiger charge is 2.40. The lowest BCUT2D eigenvalue weighted by molar-refractivity contribution is -0.706. The van der Waals surface area contributed by atoms with Gasteiger partial charge in [-0.2, -0.15) is 4.31 Å². The lowest BCUT2D eigenvalue weighted by Crippen LogP contribution is -2.45. The molecule has 0 saturated carbocycles. The van der Waals surface area contributed by atoms with Crippen LogP contribution in [0.25, 0.3) is 5.69 Å². The number of H-pyrrole nitrogens is 1. The van der Waals surface area contributed by atoms with E-state index >= 15 is 0 Å². The van der Waals surface area contributed by atoms with E-state index in [0.717, 1.165) is 5.56 Å². The van der Waals surface area contributed by atoms with E-state index in [4.69, 9.17) is 4.52 Å². The molecule has 0 saturated heterocycles. The Bertz CT molecular complexity index is 788. The molecule has 0 atom stereocenters. The molecular weight excluding hydrogens is 294 g/mol. The molecule has 8 heteroatoms. The Hall–Kier alpha value is -1.93. The minimum absolute atomic E-state index is 0.275. The first kappa shape index (κ1) is 15.5. The van der Waals surface area contributed by atoms with Crippen LogP contribution in [0.2, 0.25) is 0 Å². The molecule has 0 aliphatic rings. The standard InChI is InChI=1S/C13H17N3O4S/c1-4-15(5-2)21(18,19)12-13(17)20-14-16(12)11-9-7-6-8-10(11)3/h6-9H,4-5H2,1-3H3/p+1. The van der Waals surface area contributed by atoms with E-state index in [1.165, 1.54) is 8.99 Å². The lowest BCUT2D eigenvalue weighted by Gasteiger charge is -2.14. The molecule has 0 aliphatic heterocycles. The van der Waals surface area contributed by atoms with Crippen molar-refractivity contribution in [3.05, 3.63) is 40.2 Å². The van der Waals surface area contributed by atoms with Crippen LogP contribution < -0.4 is 10.3 Å². The van der Waals surface area contributed by atoms with Crippen molar-refractivity contribution in [1.82, 2.24) is 9.58 Å². The molecule has 1 aromatic carbocycles. The highest BCUT2D eigenvalue weighted by Crippen LogP contribution is 2.12. The van der Waals surface area contributed by atoms with Gasteiger partial charge in [-0.15, -0.1) is 0 Å². The van der Waals surface area contributed by atoms with Gasteiger partial charge in [-0.1, -0.05) is 32.0 Å². The minimum Gasteiger partial charge on any atom is -0.281 e. The first-order valence-corrected chi connectivity index (χ1v) is 8.07. The molecule has 114 valence electrons. The van der Waals surface area contributed by atoms with Gasteiger partial charge in [0, 0.05) is 24.7 Å². The third kappa shape index (κ3) is 2.64. The predicted octanol–water partition coefficient (Wildman–Crippen LogP) is 0.584. The van der Waals surface area contributed by atoms with Crippen molar-refractivity contribution in [2.45, 2.75) is 25.8 Å². The number of aryl methyl sites for hydroxylation is 1. The molecule has 0 fully saturated rings. The molecule has 0 bridgehead atoms. The third-order valence-electron chi connectivity index (χ3n) is 3.25. The van der Waals surface area contributed by atoms with Gasteiger partial charge in [0.15, 0.2) is 0 Å². The molecular formula is C13H18N3O4S+. The summed E-state index contributed by atoms with van der Waals surface area (Å²) < 4.78 is 32.3. The van der Waals surface area contributed by atoms with Gasteiger partial charge in [-0.05, 0) is 16.9 Å². The second-order valence-corrected chi connectivity index (χ2v) is 6.35. The number of nitrogens with zero attached hydrogens (tertiary/aromatic N) is 2. The highest BCUT2D eigenvalue weighted by atomic mass is 32.2. The molecule has 2 rings (SSSR count). The van der Waals surface area contributed by atoms with Crippen molar-refractivity contribution in [2.24, 2.45) is 0 Å². The number of hydrogen-bond donors (Lipinski definition) is 1. The average Bonchev–Trinajstić information content (AvgIpc) is 2.82. The highest BCUT2D eigenvalue weighted by molar-refractivity contribution is 7.88. The monoisotopic (exact) mass is 312 g/mol. The van der Waals surface area contributed by atoms with Crippen molar-refractivity contribution < 1.29 is 17.6 Å². The Morgan fingerprint density at radius 2 is 1.86 bits per heavy atom. The quantitative estimate of drug-likeness (QED) is 0.818. The Balaban J connectivity index is 2.70. The summed E-state index contributed by atoms with van der Waals surface area (Å²) in [7, 11) is -3.93. The van der Waals surface area contributed by atoms with E-state index < -0.39 is 20.7 Å². The fraction of sp³-hybridized carbons (Fsp3) is 0.385. The van der Waals surface area contributed by atoms with Crippen LogP contribution in [0.15, 0.2) is 38.6 Å². The van der Waals surface area contributed by atoms with E-state index in [9.17, 15) is 13.2 Å². The summed E-state index contributed by atoms with van der Waals surface area (Å²) in [5.74, 6) is 0. The first-order chi connectivity index (χ1) is 9.93. The minimum atomic E-state index is -3.93. The summed E-state index contributed by atoms with van der Waals surface area (Å²) in [5.41, 5.74) is 0.454. The fourth-order valence-electron chi connectivity index (χ4n) is 2.14. The van der Waals surface area contributed by atoms with Crippen LogP contribution in [0.3, 0.4) is 0 Å². The molecule has 1 heterocycles. The van der Waals surface area contributed by atoms with Gasteiger partial charge in [-0.3, -0.25) is 4.52 Å². The topological polar surface area (TPSA) is 87.3 Å². The number of para-hydroxylation sites is 1. The van der Waals surface area contributed by atoms with Gasteiger partial charge >= 0.3 is 20.7 Å². The Kier molecular flexibility index (Phi) is 4.29. The summed E-state index contributed by atoms with van der Waals surface area (Å²) in [4.78, 5) is 11.9. The van der Waals surface area contributed by atoms with Crippen LogP contribution in [0.4, 0.5) is 0 Å². The molecule has 2 aromatic rings. The summed E-state index contributed by atoms with van der Waals surface area (Å²) in [6.07, 6.45) is 0. The normalized spacial score (nSPS) is 12.0. The lowest BCUT2D eigenvalue weighted by atomic mass is 10.2. The average molecular weight is 312 g/mol. The van der Waals surface area contributed by atoms with E-state index in [1.54, 1.807) is 26.0 Å². The van der Waals surface area contributed by atoms with Gasteiger partial charge in [0.1, 0.15) is 0 Å². The summed E-state index contributed by atoms with van der Waals surface area (Å²) in [5, 5.41) is 1.95. The summed E-state index contributed by atoms with van der Waals surface area (Å²) >= 11 is 0. The number of sulfonamides is 1. The number of nitrogens with one attached hydrogen (secondary N) is 1. The zero-order valence-corrected chi connectivity index (χ0v) is 13.0. The number of aromatic nitrogens is 2. The van der Waals surface area contributed by atoms with Crippen molar-refractivity contribution >= 4 is 10.0 Å². The Morgan fingerprint density at radius 3 is 2.43 bits per heavy atom. The maximum absolute atomic E-state index is 12.6. The molecule has 21 heavy (non-hydrogen) atoms. The molecule has 1 N–H and O–H groups in total. The summed E-state index contributed by atoms with van der Waals surface area (Å²) in [6.45, 7) is 5.80. The van der Waals surface area contributed by atoms with Gasteiger partial charge in [-0.25, -0.2) is 13.2 Å². The smallest absolute Gasteiger partial charge is 0.281 e. The van der Waals surface area contributed by atoms with Crippen LogP contribution in [0.1, 0.15) is 19.4 Å². The van der Waals surface area contributed by atoms with E-state index in [-0.39, 0.29) is 13.1 Å². The van der Waals surface area contributed by atoms with Crippen LogP contribution in [0, 0.1) is 6.92 Å². The second kappa shape index (κ2) is 5.82. The number of hydrogen-bond acceptors (Lipinski definition) is 4. The number of rotatable bonds is 5. The van der Waals surface area contributed by atoms with Crippen LogP contribution >= 0.6 is 0 Å². The van der Waals surface area contributed by atoms with E-state index in [0.29, 0.717) is 5.69 Å². The van der Waals surface area contributed by atoms with Crippen molar-refractivity contribution in [2.75, 3.05) is 13.1 Å². The molecule has 0 spiro atoms. The SMILES string of the molecule is CCN(CC)S(=O)(=O)c1c(=O)o[nH][n+]1-c1ccccc1C. The predicted molar refractivity (Wildman–Crippen MR) is 75.7 cm³/mol. The van der Waals surface area contributed by atoms with E-state index in [1.807, 2.05) is 19.1 Å². The number of aromatic amines is 1. The van der Waals surface area contributed by atoms with Crippen LogP contribution in [0.5, 0.6) is 0 Å². The van der Waals surface area contributed by atoms with Crippen LogP contribution in [-0.2, 0) is 10.0 Å². The summed E-state index contributed by atoms with van der Waals surface area (Å²) in [6, 6.07) is 7.12. The van der Waals surface area contributed by atoms with Gasteiger partial charge in [0.05, 0.1) is 0 Å². The molecule has 0 radical (unpaired) electrons. The molecule has 0 aliphatic carbocycles. The Morgan fingerprint density at radius 1 is 1.24 bits per heavy atom. The van der Waals surface area contributed by atoms with Crippen molar-refractivity contribution in [3.8, 4) is 5.69 Å². The molecule has 7 nitrogen and oxygen atoms in total. The van der Waals surface area contributed by atoms with Crippen molar-refractivity contribution in [3.63, 3.8) is 0 Å². The van der Waals surface area contributed by atoms with Gasteiger partial charge < -0.3 is 0 Å². The second-order valence-electron chi connectivity index (χ2n) is 4.50. The maximum atomic E-state index is 12.6. The van der Waals surface area contributed by atoms with E-state index in [2.05, 4.69) is 5.27 Å². The number of benzene rings is 1. The largest absolute Gasteiger partial charge is 0.448 e. The van der Waals surface area contributed by atoms with Gasteiger partial charge in [0.25, 0.3) is 0 Å². The zero-order chi connectivity index (χ0) is 15.6. The first-order valence-electron chi connectivity index (χ1n) is 6.63. The molecule has 1 aromatic heterocycles. The van der Waals surface area contributed by atoms with Crippen LogP contribution in [-0.4, -0.2) is 31.1 Å². The maximum Gasteiger partial charge on any atom is 0.448 e. The van der Waals surface area contributed by atoms with Gasteiger partial charge in [0.2, 0.25) is 5.69 Å². The molecule has 0 amide bonds.